The number of carbonyl (C=O) groups is 1. The van der Waals surface area contributed by atoms with Crippen LogP contribution in [0.15, 0.2) is 95.6 Å². The average molecular weight is 528 g/mol. The van der Waals surface area contributed by atoms with Crippen LogP contribution in [0.5, 0.6) is 0 Å². The van der Waals surface area contributed by atoms with Crippen LogP contribution in [0.25, 0.3) is 0 Å². The minimum atomic E-state index is -0.116. The van der Waals surface area contributed by atoms with Gasteiger partial charge in [0.2, 0.25) is 0 Å². The normalized spacial score (nSPS) is 10.8. The van der Waals surface area contributed by atoms with Gasteiger partial charge in [0.1, 0.15) is 0 Å². The molecule has 4 aromatic rings. The van der Waals surface area contributed by atoms with Gasteiger partial charge in [-0.3, -0.25) is 4.79 Å². The molecule has 0 saturated heterocycles. The van der Waals surface area contributed by atoms with Crippen LogP contribution in [-0.4, -0.2) is 15.4 Å². The molecule has 1 aromatic heterocycles. The summed E-state index contributed by atoms with van der Waals surface area (Å²) in [5.41, 5.74) is 3.77. The molecule has 3 aromatic carbocycles. The van der Waals surface area contributed by atoms with E-state index < -0.39 is 0 Å². The van der Waals surface area contributed by atoms with E-state index >= 15 is 0 Å². The summed E-state index contributed by atoms with van der Waals surface area (Å²) < 4.78 is 3.22. The third kappa shape index (κ3) is 5.83. The Hall–Kier alpha value is -2.53. The lowest BCUT2D eigenvalue weighted by molar-refractivity contribution is 0.0726. The average Bonchev–Trinajstić information content (AvgIpc) is 3.21. The number of hydrogen-bond acceptors (Lipinski definition) is 1. The van der Waals surface area contributed by atoms with Crippen molar-refractivity contribution in [2.75, 3.05) is 0 Å². The first kappa shape index (κ1) is 22.7. The van der Waals surface area contributed by atoms with Crippen LogP contribution >= 0.6 is 39.1 Å². The van der Waals surface area contributed by atoms with Gasteiger partial charge in [-0.25, -0.2) is 0 Å². The lowest BCUT2D eigenvalue weighted by Gasteiger charge is -2.24. The summed E-state index contributed by atoms with van der Waals surface area (Å²) in [7, 11) is 0. The number of halogens is 3. The second-order valence-corrected chi connectivity index (χ2v) is 9.35. The maximum atomic E-state index is 13.5. The Bertz CT molecular complexity index is 1190. The highest BCUT2D eigenvalue weighted by Crippen LogP contribution is 2.22. The third-order valence-electron chi connectivity index (χ3n) is 5.16. The molecule has 1 amide bonds. The summed E-state index contributed by atoms with van der Waals surface area (Å²) in [6.45, 7) is 1.67. The SMILES string of the molecule is O=C(c1cc(Cl)cc(Cl)c1)N(Cc1ccccc1)Cc1cccn1Cc1ccc(Br)cc1. The minimum absolute atomic E-state index is 0.116. The molecule has 6 heteroatoms. The summed E-state index contributed by atoms with van der Waals surface area (Å²) >= 11 is 15.8. The zero-order valence-corrected chi connectivity index (χ0v) is 20.3. The molecular formula is C26H21BrCl2N2O. The van der Waals surface area contributed by atoms with Crippen LogP contribution in [0.1, 0.15) is 27.2 Å². The molecule has 162 valence electrons. The maximum absolute atomic E-state index is 13.5. The van der Waals surface area contributed by atoms with Crippen LogP contribution in [-0.2, 0) is 19.6 Å². The molecule has 0 aliphatic heterocycles. The number of benzene rings is 3. The third-order valence-corrected chi connectivity index (χ3v) is 6.12. The van der Waals surface area contributed by atoms with Crippen LogP contribution < -0.4 is 0 Å². The van der Waals surface area contributed by atoms with Gasteiger partial charge in [-0.15, -0.1) is 0 Å². The van der Waals surface area contributed by atoms with Gasteiger partial charge in [0, 0.05) is 45.1 Å². The van der Waals surface area contributed by atoms with E-state index in [9.17, 15) is 4.79 Å². The number of amides is 1. The molecule has 0 unspecified atom stereocenters. The fraction of sp³-hybridized carbons (Fsp3) is 0.115. The Labute approximate surface area is 206 Å². The molecule has 0 N–H and O–H groups in total. The maximum Gasteiger partial charge on any atom is 0.254 e. The second kappa shape index (κ2) is 10.4. The number of hydrogen-bond donors (Lipinski definition) is 0. The Morgan fingerprint density at radius 1 is 0.812 bits per heavy atom. The molecule has 3 nitrogen and oxygen atoms in total. The first-order valence-corrected chi connectivity index (χ1v) is 11.7. The highest BCUT2D eigenvalue weighted by molar-refractivity contribution is 9.10. The standard InChI is InChI=1S/C26H21BrCl2N2O/c27-22-10-8-20(9-11-22)16-30-12-4-7-25(30)18-31(17-19-5-2-1-3-6-19)26(32)21-13-23(28)15-24(29)14-21/h1-15H,16-18H2. The van der Waals surface area contributed by atoms with E-state index in [1.54, 1.807) is 18.2 Å². The van der Waals surface area contributed by atoms with Gasteiger partial charge in [0.25, 0.3) is 5.91 Å². The lowest BCUT2D eigenvalue weighted by Crippen LogP contribution is -2.31. The summed E-state index contributed by atoms with van der Waals surface area (Å²) in [4.78, 5) is 15.3. The number of nitrogens with zero attached hydrogens (tertiary/aromatic N) is 2. The van der Waals surface area contributed by atoms with Gasteiger partial charge < -0.3 is 9.47 Å². The highest BCUT2D eigenvalue weighted by Gasteiger charge is 2.19. The van der Waals surface area contributed by atoms with Crippen molar-refractivity contribution < 1.29 is 4.79 Å². The molecule has 0 atom stereocenters. The monoisotopic (exact) mass is 526 g/mol. The smallest absolute Gasteiger partial charge is 0.254 e. The second-order valence-electron chi connectivity index (χ2n) is 7.56. The Balaban J connectivity index is 1.61. The van der Waals surface area contributed by atoms with Crippen molar-refractivity contribution in [3.63, 3.8) is 0 Å². The summed E-state index contributed by atoms with van der Waals surface area (Å²) in [5, 5.41) is 0.887. The molecule has 1 heterocycles. The predicted molar refractivity (Wildman–Crippen MR) is 134 cm³/mol. The molecular weight excluding hydrogens is 507 g/mol. The van der Waals surface area contributed by atoms with Crippen LogP contribution in [0, 0.1) is 0 Å². The summed E-state index contributed by atoms with van der Waals surface area (Å²) in [6, 6.07) is 27.2. The van der Waals surface area contributed by atoms with E-state index in [4.69, 9.17) is 23.2 Å². The van der Waals surface area contributed by atoms with E-state index in [2.05, 4.69) is 38.7 Å². The van der Waals surface area contributed by atoms with Gasteiger partial charge in [0.15, 0.2) is 0 Å². The van der Waals surface area contributed by atoms with Crippen molar-refractivity contribution in [1.82, 2.24) is 9.47 Å². The fourth-order valence-corrected chi connectivity index (χ4v) is 4.38. The lowest BCUT2D eigenvalue weighted by atomic mass is 10.1. The fourth-order valence-electron chi connectivity index (χ4n) is 3.59. The van der Waals surface area contributed by atoms with E-state index in [0.29, 0.717) is 28.7 Å². The molecule has 0 aliphatic carbocycles. The van der Waals surface area contributed by atoms with Crippen molar-refractivity contribution in [1.29, 1.82) is 0 Å². The molecule has 0 saturated carbocycles. The zero-order valence-electron chi connectivity index (χ0n) is 17.2. The highest BCUT2D eigenvalue weighted by atomic mass is 79.9. The predicted octanol–water partition coefficient (Wildman–Crippen LogP) is 7.45. The summed E-state index contributed by atoms with van der Waals surface area (Å²) in [5.74, 6) is -0.116. The topological polar surface area (TPSA) is 25.2 Å². The molecule has 0 radical (unpaired) electrons. The largest absolute Gasteiger partial charge is 0.345 e. The number of aromatic nitrogens is 1. The van der Waals surface area contributed by atoms with Crippen molar-refractivity contribution in [2.45, 2.75) is 19.6 Å². The Morgan fingerprint density at radius 3 is 2.19 bits per heavy atom. The van der Waals surface area contributed by atoms with Crippen LogP contribution in [0.2, 0.25) is 10.0 Å². The first-order valence-electron chi connectivity index (χ1n) is 10.2. The van der Waals surface area contributed by atoms with E-state index in [1.807, 2.05) is 59.6 Å². The molecule has 0 bridgehead atoms. The molecule has 0 aliphatic rings. The van der Waals surface area contributed by atoms with E-state index in [1.165, 1.54) is 5.56 Å². The van der Waals surface area contributed by atoms with Gasteiger partial charge in [-0.2, -0.15) is 0 Å². The molecule has 4 rings (SSSR count). The minimum Gasteiger partial charge on any atom is -0.345 e. The summed E-state index contributed by atoms with van der Waals surface area (Å²) in [6.07, 6.45) is 2.04. The van der Waals surface area contributed by atoms with Gasteiger partial charge in [0.05, 0.1) is 6.54 Å². The van der Waals surface area contributed by atoms with Crippen molar-refractivity contribution >= 4 is 45.0 Å². The van der Waals surface area contributed by atoms with Crippen LogP contribution in [0.3, 0.4) is 0 Å². The Morgan fingerprint density at radius 2 is 1.50 bits per heavy atom. The van der Waals surface area contributed by atoms with Gasteiger partial charge >= 0.3 is 0 Å². The van der Waals surface area contributed by atoms with Crippen molar-refractivity contribution in [3.8, 4) is 0 Å². The zero-order chi connectivity index (χ0) is 22.5. The first-order chi connectivity index (χ1) is 15.5. The molecule has 0 spiro atoms. The van der Waals surface area contributed by atoms with Crippen molar-refractivity contribution in [3.05, 3.63) is 128 Å². The van der Waals surface area contributed by atoms with Crippen molar-refractivity contribution in [2.24, 2.45) is 0 Å². The van der Waals surface area contributed by atoms with E-state index in [-0.39, 0.29) is 5.91 Å². The van der Waals surface area contributed by atoms with E-state index in [0.717, 1.165) is 22.3 Å². The Kier molecular flexibility index (Phi) is 7.36. The number of rotatable bonds is 7. The van der Waals surface area contributed by atoms with Crippen LogP contribution in [0.4, 0.5) is 0 Å². The van der Waals surface area contributed by atoms with Gasteiger partial charge in [-0.05, 0) is 53.6 Å². The molecule has 32 heavy (non-hydrogen) atoms. The number of carbonyl (C=O) groups excluding carboxylic acids is 1. The molecule has 0 fully saturated rings. The quantitative estimate of drug-likeness (QED) is 0.245. The van der Waals surface area contributed by atoms with Gasteiger partial charge in [-0.1, -0.05) is 81.6 Å².